The summed E-state index contributed by atoms with van der Waals surface area (Å²) in [4.78, 5) is 2.78. The smallest absolute Gasteiger partial charge is 0.195 e. The van der Waals surface area contributed by atoms with E-state index < -0.39 is 0 Å². The number of fused-ring (bicyclic) bond motifs is 1. The molecule has 2 aromatic heterocycles. The molecular weight excluding hydrogens is 238 g/mol. The van der Waals surface area contributed by atoms with Gasteiger partial charge in [-0.15, -0.1) is 11.3 Å². The monoisotopic (exact) mass is 251 g/mol. The van der Waals surface area contributed by atoms with E-state index in [2.05, 4.69) is 27.8 Å². The number of thiophene rings is 1. The van der Waals surface area contributed by atoms with Crippen LogP contribution in [0.3, 0.4) is 0 Å². The van der Waals surface area contributed by atoms with Crippen LogP contribution in [0.5, 0.6) is 0 Å². The number of aromatic amines is 1. The first kappa shape index (κ1) is 10.2. The molecule has 0 radical (unpaired) electrons. The second-order valence-corrected chi connectivity index (χ2v) is 5.53. The van der Waals surface area contributed by atoms with Gasteiger partial charge >= 0.3 is 0 Å². The normalized spacial score (nSPS) is 14.3. The van der Waals surface area contributed by atoms with Crippen LogP contribution in [0.25, 0.3) is 10.7 Å². The van der Waals surface area contributed by atoms with Crippen LogP contribution in [0.15, 0.2) is 6.07 Å². The average molecular weight is 251 g/mol. The van der Waals surface area contributed by atoms with Gasteiger partial charge in [0, 0.05) is 11.4 Å². The Morgan fingerprint density at radius 2 is 2.44 bits per heavy atom. The van der Waals surface area contributed by atoms with Gasteiger partial charge in [0.2, 0.25) is 0 Å². The Labute approximate surface area is 103 Å². The fraction of sp³-hybridized carbons (Fsp3) is 0.455. The van der Waals surface area contributed by atoms with Crippen molar-refractivity contribution in [2.45, 2.75) is 32.7 Å². The highest BCUT2D eigenvalue weighted by Gasteiger charge is 2.18. The molecular formula is C11H13N3S2. The summed E-state index contributed by atoms with van der Waals surface area (Å²) >= 11 is 7.07. The first-order valence-electron chi connectivity index (χ1n) is 5.56. The molecule has 0 amide bonds. The van der Waals surface area contributed by atoms with Crippen molar-refractivity contribution in [3.63, 3.8) is 0 Å². The number of aromatic nitrogens is 3. The summed E-state index contributed by atoms with van der Waals surface area (Å²) in [6.45, 7) is 2.96. The van der Waals surface area contributed by atoms with Crippen LogP contribution in [0.4, 0.5) is 0 Å². The van der Waals surface area contributed by atoms with Crippen molar-refractivity contribution in [1.29, 1.82) is 0 Å². The van der Waals surface area contributed by atoms with Crippen molar-refractivity contribution in [2.75, 3.05) is 0 Å². The van der Waals surface area contributed by atoms with E-state index in [1.807, 2.05) is 11.3 Å². The highest BCUT2D eigenvalue weighted by molar-refractivity contribution is 7.71. The third-order valence-electron chi connectivity index (χ3n) is 3.04. The van der Waals surface area contributed by atoms with Crippen LogP contribution < -0.4 is 0 Å². The summed E-state index contributed by atoms with van der Waals surface area (Å²) < 4.78 is 2.77. The summed E-state index contributed by atoms with van der Waals surface area (Å²) in [6.07, 6.45) is 3.77. The number of H-pyrrole nitrogens is 1. The molecule has 84 valence electrons. The van der Waals surface area contributed by atoms with Gasteiger partial charge in [-0.3, -0.25) is 9.67 Å². The lowest BCUT2D eigenvalue weighted by Crippen LogP contribution is -1.96. The Bertz CT molecular complexity index is 555. The topological polar surface area (TPSA) is 33.6 Å². The molecule has 0 saturated heterocycles. The van der Waals surface area contributed by atoms with Crippen molar-refractivity contribution in [3.05, 3.63) is 21.3 Å². The lowest BCUT2D eigenvalue weighted by molar-refractivity contribution is 0.756. The number of nitrogens with zero attached hydrogens (tertiary/aromatic N) is 2. The van der Waals surface area contributed by atoms with Crippen molar-refractivity contribution in [1.82, 2.24) is 14.8 Å². The lowest BCUT2D eigenvalue weighted by atomic mass is 10.2. The molecule has 1 N–H and O–H groups in total. The van der Waals surface area contributed by atoms with Crippen LogP contribution in [-0.4, -0.2) is 14.8 Å². The predicted molar refractivity (Wildman–Crippen MR) is 68.4 cm³/mol. The Morgan fingerprint density at radius 1 is 1.56 bits per heavy atom. The van der Waals surface area contributed by atoms with E-state index in [0.29, 0.717) is 4.77 Å². The van der Waals surface area contributed by atoms with Crippen molar-refractivity contribution in [3.8, 4) is 10.7 Å². The molecule has 0 spiro atoms. The van der Waals surface area contributed by atoms with E-state index in [9.17, 15) is 0 Å². The van der Waals surface area contributed by atoms with E-state index in [0.717, 1.165) is 12.4 Å². The summed E-state index contributed by atoms with van der Waals surface area (Å²) in [5, 5.41) is 7.20. The third-order valence-corrected chi connectivity index (χ3v) is 4.59. The zero-order valence-corrected chi connectivity index (χ0v) is 10.7. The van der Waals surface area contributed by atoms with Gasteiger partial charge in [-0.25, -0.2) is 0 Å². The maximum atomic E-state index is 5.20. The molecule has 0 saturated carbocycles. The maximum Gasteiger partial charge on any atom is 0.195 e. The van der Waals surface area contributed by atoms with Gasteiger partial charge in [-0.05, 0) is 50.0 Å². The highest BCUT2D eigenvalue weighted by atomic mass is 32.1. The average Bonchev–Trinajstić information content (AvgIpc) is 2.89. The SMILES string of the molecule is CCn1c(-c2cc3c(s2)CCC3)n[nH]c1=S. The van der Waals surface area contributed by atoms with Crippen LogP contribution in [-0.2, 0) is 19.4 Å². The van der Waals surface area contributed by atoms with Gasteiger partial charge in [-0.1, -0.05) is 0 Å². The first-order chi connectivity index (χ1) is 7.79. The molecule has 0 aromatic carbocycles. The van der Waals surface area contributed by atoms with Gasteiger partial charge in [0.25, 0.3) is 0 Å². The summed E-state index contributed by atoms with van der Waals surface area (Å²) in [7, 11) is 0. The van der Waals surface area contributed by atoms with E-state index in [-0.39, 0.29) is 0 Å². The predicted octanol–water partition coefficient (Wildman–Crippen LogP) is 3.18. The Hall–Kier alpha value is -0.940. The van der Waals surface area contributed by atoms with E-state index in [1.54, 1.807) is 0 Å². The summed E-state index contributed by atoms with van der Waals surface area (Å²) in [5.74, 6) is 0.993. The van der Waals surface area contributed by atoms with Crippen molar-refractivity contribution >= 4 is 23.6 Å². The lowest BCUT2D eigenvalue weighted by Gasteiger charge is -2.00. The minimum atomic E-state index is 0.714. The van der Waals surface area contributed by atoms with Crippen LogP contribution in [0.2, 0.25) is 0 Å². The molecule has 0 fully saturated rings. The molecule has 0 bridgehead atoms. The maximum absolute atomic E-state index is 5.20. The fourth-order valence-corrected chi connectivity index (χ4v) is 3.75. The van der Waals surface area contributed by atoms with E-state index in [1.165, 1.54) is 34.6 Å². The number of rotatable bonds is 2. The van der Waals surface area contributed by atoms with Crippen molar-refractivity contribution in [2.24, 2.45) is 0 Å². The Kier molecular flexibility index (Phi) is 2.44. The van der Waals surface area contributed by atoms with E-state index in [4.69, 9.17) is 12.2 Å². The molecule has 3 nitrogen and oxygen atoms in total. The minimum absolute atomic E-state index is 0.714. The zero-order chi connectivity index (χ0) is 11.1. The zero-order valence-electron chi connectivity index (χ0n) is 9.12. The van der Waals surface area contributed by atoms with Gasteiger partial charge < -0.3 is 0 Å². The fourth-order valence-electron chi connectivity index (χ4n) is 2.24. The molecule has 0 atom stereocenters. The minimum Gasteiger partial charge on any atom is -0.300 e. The third kappa shape index (κ3) is 1.46. The van der Waals surface area contributed by atoms with Gasteiger partial charge in [0.15, 0.2) is 10.6 Å². The Morgan fingerprint density at radius 3 is 3.19 bits per heavy atom. The van der Waals surface area contributed by atoms with Gasteiger partial charge in [-0.2, -0.15) is 5.10 Å². The van der Waals surface area contributed by atoms with Gasteiger partial charge in [0.1, 0.15) is 0 Å². The summed E-state index contributed by atoms with van der Waals surface area (Å²) in [6, 6.07) is 2.28. The number of hydrogen-bond acceptors (Lipinski definition) is 3. The van der Waals surface area contributed by atoms with Crippen LogP contribution in [0.1, 0.15) is 23.8 Å². The Balaban J connectivity index is 2.11. The second kappa shape index (κ2) is 3.82. The second-order valence-electron chi connectivity index (χ2n) is 4.01. The number of hydrogen-bond donors (Lipinski definition) is 1. The van der Waals surface area contributed by atoms with Crippen molar-refractivity contribution < 1.29 is 0 Å². The standard InChI is InChI=1S/C11H13N3S2/c1-2-14-10(12-13-11(14)15)9-6-7-4-3-5-8(7)16-9/h6H,2-5H2,1H3,(H,13,15). The molecule has 5 heteroatoms. The molecule has 1 aliphatic rings. The van der Waals surface area contributed by atoms with Crippen LogP contribution in [0, 0.1) is 4.77 Å². The largest absolute Gasteiger partial charge is 0.300 e. The molecule has 2 aromatic rings. The number of aryl methyl sites for hydroxylation is 2. The number of nitrogens with one attached hydrogen (secondary N) is 1. The summed E-state index contributed by atoms with van der Waals surface area (Å²) in [5.41, 5.74) is 1.51. The molecule has 16 heavy (non-hydrogen) atoms. The van der Waals surface area contributed by atoms with E-state index >= 15 is 0 Å². The molecule has 0 unspecified atom stereocenters. The molecule has 1 aliphatic carbocycles. The molecule has 2 heterocycles. The molecule has 0 aliphatic heterocycles. The highest BCUT2D eigenvalue weighted by Crippen LogP contribution is 2.35. The van der Waals surface area contributed by atoms with Gasteiger partial charge in [0.05, 0.1) is 4.88 Å². The quantitative estimate of drug-likeness (QED) is 0.832. The first-order valence-corrected chi connectivity index (χ1v) is 6.79. The van der Waals surface area contributed by atoms with Crippen LogP contribution >= 0.6 is 23.6 Å². The molecule has 3 rings (SSSR count).